The minimum Gasteiger partial charge on any atom is -0.342 e. The van der Waals surface area contributed by atoms with Crippen molar-refractivity contribution in [3.05, 3.63) is 81.6 Å². The summed E-state index contributed by atoms with van der Waals surface area (Å²) in [5.41, 5.74) is 2.30. The van der Waals surface area contributed by atoms with E-state index in [4.69, 9.17) is 11.6 Å². The Balaban J connectivity index is 1.69. The number of halogens is 2. The Hall–Kier alpha value is -2.62. The van der Waals surface area contributed by atoms with Gasteiger partial charge in [-0.25, -0.2) is 0 Å². The summed E-state index contributed by atoms with van der Waals surface area (Å²) < 4.78 is 2.81. The van der Waals surface area contributed by atoms with E-state index in [2.05, 4.69) is 57.2 Å². The number of rotatable bonds is 10. The first kappa shape index (κ1) is 27.0. The maximum Gasteiger partial charge on any atom is 0.251 e. The van der Waals surface area contributed by atoms with Crippen LogP contribution >= 0.6 is 39.3 Å². The van der Waals surface area contributed by atoms with Gasteiger partial charge in [0, 0.05) is 27.3 Å². The van der Waals surface area contributed by atoms with Crippen molar-refractivity contribution in [1.82, 2.24) is 20.1 Å². The largest absolute Gasteiger partial charge is 0.342 e. The summed E-state index contributed by atoms with van der Waals surface area (Å²) in [4.78, 5) is 25.3. The molecule has 1 heterocycles. The highest BCUT2D eigenvalue weighted by molar-refractivity contribution is 9.10. The molecule has 0 bridgehead atoms. The number of nitrogens with one attached hydrogen (secondary N) is 2. The minimum absolute atomic E-state index is 0.142. The second-order valence-corrected chi connectivity index (χ2v) is 10.5. The molecule has 184 valence electrons. The fourth-order valence-corrected chi connectivity index (χ4v) is 4.77. The second-order valence-electron chi connectivity index (χ2n) is 8.17. The van der Waals surface area contributed by atoms with Crippen molar-refractivity contribution in [2.75, 3.05) is 11.1 Å². The fourth-order valence-electron chi connectivity index (χ4n) is 3.44. The van der Waals surface area contributed by atoms with Gasteiger partial charge in [-0.3, -0.25) is 9.59 Å². The first-order chi connectivity index (χ1) is 16.7. The van der Waals surface area contributed by atoms with E-state index in [0.717, 1.165) is 15.7 Å². The molecule has 0 aliphatic carbocycles. The maximum absolute atomic E-state index is 12.7. The number of carbonyl (C=O) groups is 2. The average molecular weight is 577 g/mol. The van der Waals surface area contributed by atoms with E-state index in [1.165, 1.54) is 11.8 Å². The van der Waals surface area contributed by atoms with Crippen LogP contribution < -0.4 is 10.6 Å². The van der Waals surface area contributed by atoms with Gasteiger partial charge < -0.3 is 15.2 Å². The number of aromatic nitrogens is 3. The van der Waals surface area contributed by atoms with Crippen LogP contribution in [0.1, 0.15) is 54.5 Å². The lowest BCUT2D eigenvalue weighted by Crippen LogP contribution is -2.28. The van der Waals surface area contributed by atoms with E-state index in [-0.39, 0.29) is 23.5 Å². The van der Waals surface area contributed by atoms with Gasteiger partial charge in [-0.15, -0.1) is 16.8 Å². The van der Waals surface area contributed by atoms with Gasteiger partial charge in [-0.2, -0.15) is 0 Å². The van der Waals surface area contributed by atoms with Gasteiger partial charge in [0.05, 0.1) is 11.8 Å². The Labute approximate surface area is 222 Å². The highest BCUT2D eigenvalue weighted by atomic mass is 79.9. The molecule has 1 aromatic heterocycles. The predicted molar refractivity (Wildman–Crippen MR) is 145 cm³/mol. The number of anilines is 1. The van der Waals surface area contributed by atoms with Crippen LogP contribution in [0.5, 0.6) is 0 Å². The fraction of sp³-hybridized carbons (Fsp3) is 0.280. The molecule has 0 saturated carbocycles. The molecule has 2 N–H and O–H groups in total. The zero-order valence-corrected chi connectivity index (χ0v) is 22.9. The summed E-state index contributed by atoms with van der Waals surface area (Å²) in [6.45, 7) is 10.2. The summed E-state index contributed by atoms with van der Waals surface area (Å²) >= 11 is 10.8. The lowest BCUT2D eigenvalue weighted by atomic mass is 10.0. The van der Waals surface area contributed by atoms with E-state index < -0.39 is 6.04 Å². The van der Waals surface area contributed by atoms with Crippen LogP contribution in [0.25, 0.3) is 0 Å². The molecule has 2 aromatic carbocycles. The Kier molecular flexibility index (Phi) is 9.54. The van der Waals surface area contributed by atoms with Crippen LogP contribution in [0.3, 0.4) is 0 Å². The van der Waals surface area contributed by atoms with Crippen molar-refractivity contribution in [3.8, 4) is 0 Å². The zero-order valence-electron chi connectivity index (χ0n) is 19.7. The predicted octanol–water partition coefficient (Wildman–Crippen LogP) is 6.23. The summed E-state index contributed by atoms with van der Waals surface area (Å²) in [7, 11) is 0. The summed E-state index contributed by atoms with van der Waals surface area (Å²) in [5.74, 6) is 0.579. The number of amides is 2. The monoisotopic (exact) mass is 575 g/mol. The Morgan fingerprint density at radius 3 is 2.66 bits per heavy atom. The molecule has 35 heavy (non-hydrogen) atoms. The van der Waals surface area contributed by atoms with Crippen molar-refractivity contribution >= 4 is 56.8 Å². The first-order valence-corrected chi connectivity index (χ1v) is 13.2. The van der Waals surface area contributed by atoms with Gasteiger partial charge in [-0.05, 0) is 54.8 Å². The molecular weight excluding hydrogens is 550 g/mol. The van der Waals surface area contributed by atoms with E-state index in [1.807, 2.05) is 29.7 Å². The van der Waals surface area contributed by atoms with E-state index in [1.54, 1.807) is 30.3 Å². The molecule has 3 rings (SSSR count). The van der Waals surface area contributed by atoms with E-state index in [9.17, 15) is 9.59 Å². The number of allylic oxidation sites excluding steroid dienone is 1. The Bertz CT molecular complexity index is 1230. The van der Waals surface area contributed by atoms with Gasteiger partial charge in [0.25, 0.3) is 5.91 Å². The van der Waals surface area contributed by atoms with Crippen LogP contribution in [0.2, 0.25) is 5.02 Å². The Morgan fingerprint density at radius 2 is 1.97 bits per heavy atom. The SMILES string of the molecule is C=CCn1c(SCC(=O)Nc2ccc(Br)cc2C(C)C)nnc1[C@@H](C)NC(=O)c1cccc(Cl)c1. The van der Waals surface area contributed by atoms with Gasteiger partial charge in [0.1, 0.15) is 0 Å². The van der Waals surface area contributed by atoms with Gasteiger partial charge >= 0.3 is 0 Å². The molecule has 0 unspecified atom stereocenters. The molecule has 0 spiro atoms. The van der Waals surface area contributed by atoms with Gasteiger partial charge in [0.15, 0.2) is 11.0 Å². The number of carbonyl (C=O) groups excluding carboxylic acids is 2. The minimum atomic E-state index is -0.423. The molecule has 0 aliphatic heterocycles. The van der Waals surface area contributed by atoms with Crippen LogP contribution in [0.15, 0.2) is 64.7 Å². The van der Waals surface area contributed by atoms with E-state index >= 15 is 0 Å². The zero-order chi connectivity index (χ0) is 25.5. The summed E-state index contributed by atoms with van der Waals surface area (Å²) in [6, 6.07) is 12.1. The number of benzene rings is 2. The quantitative estimate of drug-likeness (QED) is 0.221. The third kappa shape index (κ3) is 7.19. The van der Waals surface area contributed by atoms with Crippen molar-refractivity contribution in [2.24, 2.45) is 0 Å². The van der Waals surface area contributed by atoms with Crippen LogP contribution in [-0.2, 0) is 11.3 Å². The topological polar surface area (TPSA) is 88.9 Å². The lowest BCUT2D eigenvalue weighted by molar-refractivity contribution is -0.113. The molecule has 0 aliphatic rings. The number of hydrogen-bond donors (Lipinski definition) is 2. The van der Waals surface area contributed by atoms with Crippen molar-refractivity contribution in [2.45, 2.75) is 44.4 Å². The number of thioether (sulfide) groups is 1. The average Bonchev–Trinajstić information content (AvgIpc) is 3.21. The third-order valence-corrected chi connectivity index (χ3v) is 6.82. The standard InChI is InChI=1S/C25H27BrClN5O2S/c1-5-11-32-23(16(4)28-24(34)17-7-6-8-19(27)12-17)30-31-25(32)35-14-22(33)29-21-10-9-18(26)13-20(21)15(2)3/h5-10,12-13,15-16H,1,11,14H2,2-4H3,(H,28,34)(H,29,33)/t16-/m1/s1. The first-order valence-electron chi connectivity index (χ1n) is 11.0. The van der Waals surface area contributed by atoms with Crippen LogP contribution in [0, 0.1) is 0 Å². The lowest BCUT2D eigenvalue weighted by Gasteiger charge is -2.16. The molecule has 1 atom stereocenters. The highest BCUT2D eigenvalue weighted by Crippen LogP contribution is 2.28. The second kappa shape index (κ2) is 12.4. The molecule has 0 saturated heterocycles. The van der Waals surface area contributed by atoms with Gasteiger partial charge in [-0.1, -0.05) is 65.3 Å². The Morgan fingerprint density at radius 1 is 1.20 bits per heavy atom. The smallest absolute Gasteiger partial charge is 0.251 e. The van der Waals surface area contributed by atoms with Crippen molar-refractivity contribution in [1.29, 1.82) is 0 Å². The van der Waals surface area contributed by atoms with Crippen LogP contribution in [-0.4, -0.2) is 32.3 Å². The van der Waals surface area contributed by atoms with Crippen molar-refractivity contribution < 1.29 is 9.59 Å². The normalized spacial score (nSPS) is 11.8. The van der Waals surface area contributed by atoms with Crippen LogP contribution in [0.4, 0.5) is 5.69 Å². The molecule has 7 nitrogen and oxygen atoms in total. The summed E-state index contributed by atoms with van der Waals surface area (Å²) in [5, 5.41) is 15.5. The molecule has 10 heteroatoms. The molecular formula is C25H27BrClN5O2S. The molecule has 2 amide bonds. The molecule has 3 aromatic rings. The van der Waals surface area contributed by atoms with E-state index in [0.29, 0.717) is 28.1 Å². The molecule has 0 radical (unpaired) electrons. The molecule has 0 fully saturated rings. The number of nitrogens with zero attached hydrogens (tertiary/aromatic N) is 3. The maximum atomic E-state index is 12.7. The number of hydrogen-bond acceptors (Lipinski definition) is 5. The van der Waals surface area contributed by atoms with Gasteiger partial charge in [0.2, 0.25) is 5.91 Å². The highest BCUT2D eigenvalue weighted by Gasteiger charge is 2.21. The third-order valence-electron chi connectivity index (χ3n) is 5.12. The summed E-state index contributed by atoms with van der Waals surface area (Å²) in [6.07, 6.45) is 1.72. The van der Waals surface area contributed by atoms with Crippen molar-refractivity contribution in [3.63, 3.8) is 0 Å².